The van der Waals surface area contributed by atoms with Crippen LogP contribution in [0, 0.1) is 13.8 Å². The van der Waals surface area contributed by atoms with Gasteiger partial charge in [0.2, 0.25) is 5.91 Å². The number of hydrogen-bond acceptors (Lipinski definition) is 5. The second-order valence-electron chi connectivity index (χ2n) is 9.66. The van der Waals surface area contributed by atoms with Crippen LogP contribution in [-0.2, 0) is 10.2 Å². The Labute approximate surface area is 189 Å². The maximum atomic E-state index is 13.5. The highest BCUT2D eigenvalue weighted by Gasteiger charge is 2.53. The van der Waals surface area contributed by atoms with Crippen molar-refractivity contribution >= 4 is 17.4 Å². The maximum absolute atomic E-state index is 13.5. The third kappa shape index (κ3) is 3.45. The summed E-state index contributed by atoms with van der Waals surface area (Å²) in [5.74, 6) is 1.15. The Kier molecular flexibility index (Phi) is 4.97. The van der Waals surface area contributed by atoms with Crippen LogP contribution < -0.4 is 10.6 Å². The molecule has 32 heavy (non-hydrogen) atoms. The molecule has 3 aromatic rings. The predicted molar refractivity (Wildman–Crippen MR) is 126 cm³/mol. The van der Waals surface area contributed by atoms with Crippen LogP contribution >= 0.6 is 0 Å². The molecule has 7 nitrogen and oxygen atoms in total. The first-order chi connectivity index (χ1) is 15.3. The largest absolute Gasteiger partial charge is 0.355 e. The van der Waals surface area contributed by atoms with Crippen LogP contribution in [0.25, 0.3) is 5.65 Å². The van der Waals surface area contributed by atoms with Crippen LogP contribution in [0.1, 0.15) is 54.6 Å². The van der Waals surface area contributed by atoms with E-state index in [9.17, 15) is 4.79 Å². The van der Waals surface area contributed by atoms with Crippen molar-refractivity contribution in [3.05, 3.63) is 58.9 Å². The van der Waals surface area contributed by atoms with Crippen molar-refractivity contribution in [2.45, 2.75) is 57.5 Å². The summed E-state index contributed by atoms with van der Waals surface area (Å²) in [6.45, 7) is 7.94. The van der Waals surface area contributed by atoms with Crippen LogP contribution in [0.4, 0.5) is 5.82 Å². The summed E-state index contributed by atoms with van der Waals surface area (Å²) >= 11 is 0. The molecular weight excluding hydrogens is 400 g/mol. The number of anilines is 1. The first-order valence-electron chi connectivity index (χ1n) is 11.5. The van der Waals surface area contributed by atoms with Gasteiger partial charge in [0, 0.05) is 44.0 Å². The van der Waals surface area contributed by atoms with E-state index in [0.29, 0.717) is 0 Å². The molecule has 2 N–H and O–H groups in total. The number of aromatic nitrogens is 3. The number of nitrogens with two attached hydrogens (primary N) is 1. The lowest BCUT2D eigenvalue weighted by molar-refractivity contribution is -0.134. The second-order valence-corrected chi connectivity index (χ2v) is 9.66. The lowest BCUT2D eigenvalue weighted by atomic mass is 9.92. The molecule has 5 rings (SSSR count). The van der Waals surface area contributed by atoms with Crippen LogP contribution in [0.15, 0.2) is 36.5 Å². The number of benzene rings is 1. The zero-order valence-corrected chi connectivity index (χ0v) is 19.4. The second kappa shape index (κ2) is 7.59. The minimum atomic E-state index is -0.384. The quantitative estimate of drug-likeness (QED) is 0.670. The molecule has 1 amide bonds. The van der Waals surface area contributed by atoms with E-state index in [1.54, 1.807) is 0 Å². The highest BCUT2D eigenvalue weighted by atomic mass is 16.2. The molecule has 2 fully saturated rings. The predicted octanol–water partition coefficient (Wildman–Crippen LogP) is 3.13. The van der Waals surface area contributed by atoms with E-state index >= 15 is 0 Å². The average Bonchev–Trinajstić information content (AvgIpc) is 3.31. The number of rotatable bonds is 5. The number of carbonyl (C=O) groups is 1. The van der Waals surface area contributed by atoms with Crippen LogP contribution in [0.2, 0.25) is 0 Å². The van der Waals surface area contributed by atoms with Gasteiger partial charge in [-0.05, 0) is 45.6 Å². The number of fused-ring (bicyclic) bond motifs is 1. The third-order valence-corrected chi connectivity index (χ3v) is 7.21. The molecule has 1 aliphatic carbocycles. The number of amides is 1. The SMILES string of the molecule is Cc1cccc(C2(C(=O)N(C)[C@@H](C)c3cc4nc(N5CC[C@H](N)C5)c(C)cn4n3)CC2)c1. The van der Waals surface area contributed by atoms with Crippen molar-refractivity contribution in [3.63, 3.8) is 0 Å². The fraction of sp³-hybridized carbons (Fsp3) is 0.480. The van der Waals surface area contributed by atoms with Crippen molar-refractivity contribution in [1.82, 2.24) is 19.5 Å². The van der Waals surface area contributed by atoms with Gasteiger partial charge in [0.25, 0.3) is 0 Å². The molecule has 0 bridgehead atoms. The van der Waals surface area contributed by atoms with E-state index in [2.05, 4.69) is 36.9 Å². The van der Waals surface area contributed by atoms with Crippen LogP contribution in [0.3, 0.4) is 0 Å². The molecule has 3 heterocycles. The van der Waals surface area contributed by atoms with Gasteiger partial charge in [-0.3, -0.25) is 4.79 Å². The maximum Gasteiger partial charge on any atom is 0.233 e. The molecule has 2 aromatic heterocycles. The monoisotopic (exact) mass is 432 g/mol. The Morgan fingerprint density at radius 2 is 2.06 bits per heavy atom. The van der Waals surface area contributed by atoms with Gasteiger partial charge in [0.05, 0.1) is 17.2 Å². The topological polar surface area (TPSA) is 79.8 Å². The summed E-state index contributed by atoms with van der Waals surface area (Å²) in [6, 6.07) is 10.4. The summed E-state index contributed by atoms with van der Waals surface area (Å²) < 4.78 is 1.83. The Hall–Kier alpha value is -2.93. The van der Waals surface area contributed by atoms with E-state index in [4.69, 9.17) is 15.8 Å². The van der Waals surface area contributed by atoms with Crippen LogP contribution in [0.5, 0.6) is 0 Å². The number of nitrogens with zero attached hydrogens (tertiary/aromatic N) is 5. The van der Waals surface area contributed by atoms with Crippen molar-refractivity contribution in [2.75, 3.05) is 25.0 Å². The molecule has 1 aromatic carbocycles. The Morgan fingerprint density at radius 1 is 1.28 bits per heavy atom. The lowest BCUT2D eigenvalue weighted by Crippen LogP contribution is -2.38. The first-order valence-corrected chi connectivity index (χ1v) is 11.5. The normalized spacial score (nSPS) is 20.5. The number of aryl methyl sites for hydroxylation is 2. The van der Waals surface area contributed by atoms with Crippen LogP contribution in [-0.4, -0.2) is 51.6 Å². The fourth-order valence-corrected chi connectivity index (χ4v) is 4.93. The average molecular weight is 433 g/mol. The summed E-state index contributed by atoms with van der Waals surface area (Å²) in [5, 5.41) is 4.77. The Morgan fingerprint density at radius 3 is 2.72 bits per heavy atom. The van der Waals surface area contributed by atoms with Crippen molar-refractivity contribution in [3.8, 4) is 0 Å². The summed E-state index contributed by atoms with van der Waals surface area (Å²) in [4.78, 5) is 22.5. The highest BCUT2D eigenvalue weighted by molar-refractivity contribution is 5.91. The van der Waals surface area contributed by atoms with E-state index in [1.807, 2.05) is 41.7 Å². The van der Waals surface area contributed by atoms with E-state index < -0.39 is 0 Å². The van der Waals surface area contributed by atoms with Gasteiger partial charge < -0.3 is 15.5 Å². The molecule has 0 spiro atoms. The molecular formula is C25H32N6O. The van der Waals surface area contributed by atoms with Gasteiger partial charge in [0.1, 0.15) is 5.82 Å². The van der Waals surface area contributed by atoms with Gasteiger partial charge in [-0.2, -0.15) is 5.10 Å². The zero-order valence-electron chi connectivity index (χ0n) is 19.4. The molecule has 1 saturated carbocycles. The Bertz CT molecular complexity index is 1180. The lowest BCUT2D eigenvalue weighted by Gasteiger charge is -2.28. The number of hydrogen-bond donors (Lipinski definition) is 1. The minimum absolute atomic E-state index is 0.143. The molecule has 0 radical (unpaired) electrons. The summed E-state index contributed by atoms with van der Waals surface area (Å²) in [7, 11) is 1.89. The standard InChI is InChI=1S/C25H32N6O/c1-16-6-5-7-19(12-16)25(9-10-25)24(32)29(4)18(3)21-13-22-27-23(17(2)14-31(22)28-21)30-11-8-20(26)15-30/h5-7,12-14,18,20H,8-11,15,26H2,1-4H3/t18-,20-/m0/s1. The van der Waals surface area contributed by atoms with E-state index in [-0.39, 0.29) is 23.4 Å². The number of carbonyl (C=O) groups excluding carboxylic acids is 1. The minimum Gasteiger partial charge on any atom is -0.355 e. The smallest absolute Gasteiger partial charge is 0.233 e. The molecule has 1 aliphatic heterocycles. The van der Waals surface area contributed by atoms with E-state index in [1.165, 1.54) is 5.56 Å². The Balaban J connectivity index is 1.40. The van der Waals surface area contributed by atoms with Gasteiger partial charge >= 0.3 is 0 Å². The molecule has 7 heteroatoms. The summed E-state index contributed by atoms with van der Waals surface area (Å²) in [5.41, 5.74) is 10.8. The zero-order chi connectivity index (χ0) is 22.6. The number of likely N-dealkylation sites (N-methyl/N-ethyl adjacent to an activating group) is 1. The van der Waals surface area contributed by atoms with E-state index in [0.717, 1.165) is 60.6 Å². The van der Waals surface area contributed by atoms with Gasteiger partial charge in [0.15, 0.2) is 5.65 Å². The third-order valence-electron chi connectivity index (χ3n) is 7.21. The molecule has 2 atom stereocenters. The molecule has 2 aliphatic rings. The van der Waals surface area contributed by atoms with Crippen molar-refractivity contribution < 1.29 is 4.79 Å². The molecule has 168 valence electrons. The molecule has 0 unspecified atom stereocenters. The molecule has 1 saturated heterocycles. The first kappa shape index (κ1) is 20.9. The van der Waals surface area contributed by atoms with Gasteiger partial charge in [-0.15, -0.1) is 0 Å². The van der Waals surface area contributed by atoms with Crippen molar-refractivity contribution in [2.24, 2.45) is 5.73 Å². The fourth-order valence-electron chi connectivity index (χ4n) is 4.93. The van der Waals surface area contributed by atoms with Crippen molar-refractivity contribution in [1.29, 1.82) is 0 Å². The summed E-state index contributed by atoms with van der Waals surface area (Å²) in [6.07, 6.45) is 4.82. The highest BCUT2D eigenvalue weighted by Crippen LogP contribution is 2.50. The van der Waals surface area contributed by atoms with Gasteiger partial charge in [-0.25, -0.2) is 9.50 Å². The van der Waals surface area contributed by atoms with Gasteiger partial charge in [-0.1, -0.05) is 29.8 Å².